The summed E-state index contributed by atoms with van der Waals surface area (Å²) in [5.41, 5.74) is 1.11. The van der Waals surface area contributed by atoms with Crippen molar-refractivity contribution in [3.05, 3.63) is 63.5 Å². The highest BCUT2D eigenvalue weighted by atomic mass is 35.5. The van der Waals surface area contributed by atoms with Crippen molar-refractivity contribution in [1.29, 1.82) is 0 Å². The molecule has 0 radical (unpaired) electrons. The third-order valence-corrected chi connectivity index (χ3v) is 2.79. The molecule has 0 spiro atoms. The maximum atomic E-state index is 11.5. The average molecular weight is 264 g/mol. The lowest BCUT2D eigenvalue weighted by Crippen LogP contribution is -2.21. The number of hydrogen-bond donors (Lipinski definition) is 0. The van der Waals surface area contributed by atoms with Gasteiger partial charge in [-0.2, -0.15) is 0 Å². The van der Waals surface area contributed by atoms with E-state index in [1.54, 1.807) is 12.3 Å². The first-order valence-electron chi connectivity index (χ1n) is 5.70. The van der Waals surface area contributed by atoms with Gasteiger partial charge in [0, 0.05) is 12.3 Å². The summed E-state index contributed by atoms with van der Waals surface area (Å²) in [6.45, 7) is 2.94. The Bertz CT molecular complexity index is 575. The van der Waals surface area contributed by atoms with E-state index in [1.165, 1.54) is 16.2 Å². The van der Waals surface area contributed by atoms with Crippen molar-refractivity contribution < 1.29 is 4.74 Å². The normalized spacial score (nSPS) is 10.3. The molecule has 0 amide bonds. The molecule has 0 saturated carbocycles. The molecule has 3 nitrogen and oxygen atoms in total. The number of ether oxygens (including phenoxy) is 1. The van der Waals surface area contributed by atoms with Crippen molar-refractivity contribution in [3.63, 3.8) is 0 Å². The fourth-order valence-corrected chi connectivity index (χ4v) is 1.75. The molecule has 0 saturated heterocycles. The largest absolute Gasteiger partial charge is 0.492 e. The van der Waals surface area contributed by atoms with Crippen molar-refractivity contribution in [1.82, 2.24) is 4.57 Å². The molecule has 2 rings (SSSR count). The van der Waals surface area contributed by atoms with Crippen LogP contribution < -0.4 is 10.3 Å². The molecule has 18 heavy (non-hydrogen) atoms. The summed E-state index contributed by atoms with van der Waals surface area (Å²) >= 11 is 5.83. The van der Waals surface area contributed by atoms with Crippen LogP contribution in [-0.2, 0) is 6.54 Å². The summed E-state index contributed by atoms with van der Waals surface area (Å²) in [7, 11) is 0. The fraction of sp³-hybridized carbons (Fsp3) is 0.214. The Morgan fingerprint density at radius 3 is 2.61 bits per heavy atom. The first-order chi connectivity index (χ1) is 8.65. The van der Waals surface area contributed by atoms with Crippen molar-refractivity contribution in [2.45, 2.75) is 13.5 Å². The molecular weight excluding hydrogens is 250 g/mol. The van der Waals surface area contributed by atoms with Crippen molar-refractivity contribution in [2.75, 3.05) is 6.61 Å². The van der Waals surface area contributed by atoms with Gasteiger partial charge in [-0.25, -0.2) is 0 Å². The van der Waals surface area contributed by atoms with E-state index in [1.807, 2.05) is 31.2 Å². The molecule has 0 aliphatic carbocycles. The van der Waals surface area contributed by atoms with Gasteiger partial charge in [0.05, 0.1) is 11.6 Å². The zero-order chi connectivity index (χ0) is 13.0. The number of aromatic nitrogens is 1. The minimum atomic E-state index is -0.0769. The molecule has 0 aliphatic rings. The molecule has 1 heterocycles. The second-order valence-electron chi connectivity index (χ2n) is 4.04. The van der Waals surface area contributed by atoms with Crippen LogP contribution >= 0.6 is 11.6 Å². The molecule has 0 N–H and O–H groups in total. The van der Waals surface area contributed by atoms with Crippen LogP contribution in [0.1, 0.15) is 5.56 Å². The predicted octanol–water partition coefficient (Wildman–Crippen LogP) is 2.89. The summed E-state index contributed by atoms with van der Waals surface area (Å²) < 4.78 is 7.10. The second-order valence-corrected chi connectivity index (χ2v) is 4.48. The van der Waals surface area contributed by atoms with Crippen molar-refractivity contribution >= 4 is 11.6 Å². The molecule has 0 bridgehead atoms. The summed E-state index contributed by atoms with van der Waals surface area (Å²) in [4.78, 5) is 11.5. The number of aryl methyl sites for hydroxylation is 1. The molecule has 0 aliphatic heterocycles. The van der Waals surface area contributed by atoms with Crippen LogP contribution in [0.3, 0.4) is 0 Å². The van der Waals surface area contributed by atoms with Crippen LogP contribution in [0.15, 0.2) is 47.4 Å². The summed E-state index contributed by atoms with van der Waals surface area (Å²) in [5.74, 6) is 0.802. The highest BCUT2D eigenvalue weighted by Gasteiger charge is 1.98. The lowest BCUT2D eigenvalue weighted by atomic mass is 10.2. The number of rotatable bonds is 4. The fourth-order valence-electron chi connectivity index (χ4n) is 1.57. The zero-order valence-corrected chi connectivity index (χ0v) is 10.9. The molecule has 0 fully saturated rings. The average Bonchev–Trinajstić information content (AvgIpc) is 2.36. The molecule has 1 aromatic heterocycles. The topological polar surface area (TPSA) is 31.2 Å². The number of hydrogen-bond acceptors (Lipinski definition) is 2. The molecule has 0 atom stereocenters. The third kappa shape index (κ3) is 3.37. The Balaban J connectivity index is 1.94. The Morgan fingerprint density at radius 1 is 1.17 bits per heavy atom. The first-order valence-corrected chi connectivity index (χ1v) is 6.08. The quantitative estimate of drug-likeness (QED) is 0.849. The Labute approximate surface area is 111 Å². The number of nitrogens with zero attached hydrogens (tertiary/aromatic N) is 1. The highest BCUT2D eigenvalue weighted by molar-refractivity contribution is 6.30. The molecule has 94 valence electrons. The number of benzene rings is 1. The van der Waals surface area contributed by atoms with Crippen LogP contribution in [-0.4, -0.2) is 11.2 Å². The first kappa shape index (κ1) is 12.7. The van der Waals surface area contributed by atoms with Gasteiger partial charge in [-0.15, -0.1) is 0 Å². The van der Waals surface area contributed by atoms with Crippen molar-refractivity contribution in [2.24, 2.45) is 0 Å². The lowest BCUT2D eigenvalue weighted by Gasteiger charge is -2.08. The standard InChI is InChI=1S/C14H14ClNO2/c1-11-2-5-13(6-3-11)18-9-8-16-10-12(15)4-7-14(16)17/h2-7,10H,8-9H2,1H3. The lowest BCUT2D eigenvalue weighted by molar-refractivity contribution is 0.296. The van der Waals surface area contributed by atoms with Crippen LogP contribution in [0.4, 0.5) is 0 Å². The van der Waals surface area contributed by atoms with E-state index in [0.717, 1.165) is 5.75 Å². The molecule has 0 unspecified atom stereocenters. The minimum absolute atomic E-state index is 0.0769. The van der Waals surface area contributed by atoms with E-state index in [4.69, 9.17) is 16.3 Å². The van der Waals surface area contributed by atoms with Gasteiger partial charge in [-0.1, -0.05) is 29.3 Å². The summed E-state index contributed by atoms with van der Waals surface area (Å²) in [6.07, 6.45) is 1.61. The van der Waals surface area contributed by atoms with Gasteiger partial charge in [0.1, 0.15) is 12.4 Å². The van der Waals surface area contributed by atoms with E-state index in [-0.39, 0.29) is 5.56 Å². The van der Waals surface area contributed by atoms with Crippen molar-refractivity contribution in [3.8, 4) is 5.75 Å². The van der Waals surface area contributed by atoms with Gasteiger partial charge in [0.15, 0.2) is 0 Å². The Kier molecular flexibility index (Phi) is 4.05. The van der Waals surface area contributed by atoms with E-state index in [2.05, 4.69) is 0 Å². The minimum Gasteiger partial charge on any atom is -0.492 e. The van der Waals surface area contributed by atoms with E-state index >= 15 is 0 Å². The van der Waals surface area contributed by atoms with Gasteiger partial charge in [0.2, 0.25) is 0 Å². The maximum absolute atomic E-state index is 11.5. The van der Waals surface area contributed by atoms with E-state index < -0.39 is 0 Å². The SMILES string of the molecule is Cc1ccc(OCCn2cc(Cl)ccc2=O)cc1. The van der Waals surface area contributed by atoms with Crippen LogP contribution in [0, 0.1) is 6.92 Å². The van der Waals surface area contributed by atoms with Crippen LogP contribution in [0.2, 0.25) is 5.02 Å². The third-order valence-electron chi connectivity index (χ3n) is 2.57. The maximum Gasteiger partial charge on any atom is 0.250 e. The summed E-state index contributed by atoms with van der Waals surface area (Å²) in [5, 5.41) is 0.546. The van der Waals surface area contributed by atoms with E-state index in [9.17, 15) is 4.79 Å². The molecular formula is C14H14ClNO2. The van der Waals surface area contributed by atoms with Crippen LogP contribution in [0.5, 0.6) is 5.75 Å². The molecule has 1 aromatic carbocycles. The Morgan fingerprint density at radius 2 is 1.89 bits per heavy atom. The van der Waals surface area contributed by atoms with Gasteiger partial charge >= 0.3 is 0 Å². The Hall–Kier alpha value is -1.74. The van der Waals surface area contributed by atoms with Gasteiger partial charge in [-0.3, -0.25) is 4.79 Å². The monoisotopic (exact) mass is 263 g/mol. The second kappa shape index (κ2) is 5.74. The zero-order valence-electron chi connectivity index (χ0n) is 10.1. The smallest absolute Gasteiger partial charge is 0.250 e. The number of pyridine rings is 1. The molecule has 4 heteroatoms. The van der Waals surface area contributed by atoms with Gasteiger partial charge in [-0.05, 0) is 25.1 Å². The predicted molar refractivity (Wildman–Crippen MR) is 72.4 cm³/mol. The highest BCUT2D eigenvalue weighted by Crippen LogP contribution is 2.11. The number of halogens is 1. The van der Waals surface area contributed by atoms with Crippen LogP contribution in [0.25, 0.3) is 0 Å². The van der Waals surface area contributed by atoms with E-state index in [0.29, 0.717) is 18.2 Å². The van der Waals surface area contributed by atoms with Gasteiger partial charge in [0.25, 0.3) is 5.56 Å². The van der Waals surface area contributed by atoms with Gasteiger partial charge < -0.3 is 9.30 Å². The molecule has 2 aromatic rings. The summed E-state index contributed by atoms with van der Waals surface area (Å²) in [6, 6.07) is 10.8.